The first-order valence-electron chi connectivity index (χ1n) is 7.86. The van der Waals surface area contributed by atoms with Crippen LogP contribution in [0, 0.1) is 5.92 Å². The lowest BCUT2D eigenvalue weighted by molar-refractivity contribution is -0.157. The minimum atomic E-state index is -0.121. The Labute approximate surface area is 118 Å². The van der Waals surface area contributed by atoms with Crippen molar-refractivity contribution in [2.24, 2.45) is 5.92 Å². The largest absolute Gasteiger partial charge is 0.381 e. The highest BCUT2D eigenvalue weighted by Gasteiger charge is 2.26. The minimum absolute atomic E-state index is 0.121. The number of ether oxygens (including phenoxy) is 3. The molecule has 1 rings (SSSR count). The summed E-state index contributed by atoms with van der Waals surface area (Å²) in [5, 5.41) is 3.60. The van der Waals surface area contributed by atoms with Crippen molar-refractivity contribution in [3.8, 4) is 0 Å². The van der Waals surface area contributed by atoms with E-state index in [1.54, 1.807) is 0 Å². The zero-order valence-corrected chi connectivity index (χ0v) is 12.8. The van der Waals surface area contributed by atoms with Gasteiger partial charge in [-0.15, -0.1) is 0 Å². The molecule has 0 aromatic rings. The van der Waals surface area contributed by atoms with Crippen LogP contribution in [0.2, 0.25) is 0 Å². The van der Waals surface area contributed by atoms with E-state index in [9.17, 15) is 0 Å². The Morgan fingerprint density at radius 1 is 1.11 bits per heavy atom. The van der Waals surface area contributed by atoms with Gasteiger partial charge in [0.2, 0.25) is 0 Å². The zero-order valence-electron chi connectivity index (χ0n) is 12.8. The fraction of sp³-hybridized carbons (Fsp3) is 1.00. The first-order chi connectivity index (χ1) is 9.31. The second kappa shape index (κ2) is 10.6. The second-order valence-electron chi connectivity index (χ2n) is 5.13. The molecule has 1 heterocycles. The van der Waals surface area contributed by atoms with E-state index >= 15 is 0 Å². The van der Waals surface area contributed by atoms with Gasteiger partial charge in [-0.1, -0.05) is 6.92 Å². The lowest BCUT2D eigenvalue weighted by Crippen LogP contribution is -2.45. The Balaban J connectivity index is 2.50. The average Bonchev–Trinajstić information content (AvgIpc) is 2.44. The van der Waals surface area contributed by atoms with Gasteiger partial charge in [-0.2, -0.15) is 0 Å². The highest BCUT2D eigenvalue weighted by atomic mass is 16.7. The molecule has 1 fully saturated rings. The maximum absolute atomic E-state index is 5.77. The molecule has 0 saturated carbocycles. The maximum atomic E-state index is 5.77. The Morgan fingerprint density at radius 3 is 2.26 bits per heavy atom. The number of nitrogens with one attached hydrogen (secondary N) is 1. The predicted molar refractivity (Wildman–Crippen MR) is 77.3 cm³/mol. The highest BCUT2D eigenvalue weighted by Crippen LogP contribution is 2.22. The summed E-state index contributed by atoms with van der Waals surface area (Å²) in [6.45, 7) is 10.5. The van der Waals surface area contributed by atoms with Gasteiger partial charge in [0.1, 0.15) is 0 Å². The van der Waals surface area contributed by atoms with Crippen LogP contribution >= 0.6 is 0 Å². The molecular weight excluding hydrogens is 242 g/mol. The van der Waals surface area contributed by atoms with Gasteiger partial charge in [-0.25, -0.2) is 0 Å². The van der Waals surface area contributed by atoms with E-state index in [1.807, 2.05) is 13.8 Å². The highest BCUT2D eigenvalue weighted by molar-refractivity contribution is 4.77. The number of rotatable bonds is 10. The zero-order chi connectivity index (χ0) is 13.9. The van der Waals surface area contributed by atoms with Crippen LogP contribution in [0.4, 0.5) is 0 Å². The molecule has 0 bridgehead atoms. The van der Waals surface area contributed by atoms with Crippen LogP contribution in [0.25, 0.3) is 0 Å². The first-order valence-corrected chi connectivity index (χ1v) is 7.86. The summed E-state index contributed by atoms with van der Waals surface area (Å²) in [5.41, 5.74) is 0. The molecule has 1 aliphatic rings. The van der Waals surface area contributed by atoms with Gasteiger partial charge in [0.25, 0.3) is 0 Å². The maximum Gasteiger partial charge on any atom is 0.172 e. The van der Waals surface area contributed by atoms with Gasteiger partial charge in [0.05, 0.1) is 6.04 Å². The van der Waals surface area contributed by atoms with Gasteiger partial charge in [-0.05, 0) is 52.0 Å². The standard InChI is InChI=1S/C15H31NO3/c1-4-9-16-14(15(18-5-2)19-6-3)12-13-7-10-17-11-8-13/h13-16H,4-12H2,1-3H3. The van der Waals surface area contributed by atoms with Crippen molar-refractivity contribution in [1.29, 1.82) is 0 Å². The van der Waals surface area contributed by atoms with Gasteiger partial charge >= 0.3 is 0 Å². The molecular formula is C15H31NO3. The van der Waals surface area contributed by atoms with Crippen molar-refractivity contribution in [3.05, 3.63) is 0 Å². The molecule has 0 amide bonds. The molecule has 1 saturated heterocycles. The Hall–Kier alpha value is -0.160. The van der Waals surface area contributed by atoms with E-state index in [-0.39, 0.29) is 6.29 Å². The lowest BCUT2D eigenvalue weighted by atomic mass is 9.92. The van der Waals surface area contributed by atoms with Crippen LogP contribution in [-0.4, -0.2) is 45.3 Å². The molecule has 114 valence electrons. The van der Waals surface area contributed by atoms with Gasteiger partial charge in [-0.3, -0.25) is 0 Å². The van der Waals surface area contributed by atoms with Crippen molar-refractivity contribution in [2.75, 3.05) is 33.0 Å². The molecule has 1 atom stereocenters. The molecule has 4 nitrogen and oxygen atoms in total. The lowest BCUT2D eigenvalue weighted by Gasteiger charge is -2.32. The van der Waals surface area contributed by atoms with E-state index in [1.165, 1.54) is 0 Å². The molecule has 19 heavy (non-hydrogen) atoms. The molecule has 4 heteroatoms. The fourth-order valence-corrected chi connectivity index (χ4v) is 2.57. The van der Waals surface area contributed by atoms with Crippen molar-refractivity contribution in [1.82, 2.24) is 5.32 Å². The van der Waals surface area contributed by atoms with Crippen LogP contribution in [0.15, 0.2) is 0 Å². The SMILES string of the molecule is CCCNC(CC1CCOCC1)C(OCC)OCC. The van der Waals surface area contributed by atoms with Crippen LogP contribution in [-0.2, 0) is 14.2 Å². The summed E-state index contributed by atoms with van der Waals surface area (Å²) in [4.78, 5) is 0. The van der Waals surface area contributed by atoms with Crippen molar-refractivity contribution >= 4 is 0 Å². The molecule has 0 aromatic heterocycles. The normalized spacial score (nSPS) is 18.9. The summed E-state index contributed by atoms with van der Waals surface area (Å²) < 4.78 is 17.0. The van der Waals surface area contributed by atoms with E-state index in [4.69, 9.17) is 14.2 Å². The molecule has 0 radical (unpaired) electrons. The van der Waals surface area contributed by atoms with Crippen LogP contribution in [0.3, 0.4) is 0 Å². The minimum Gasteiger partial charge on any atom is -0.381 e. The molecule has 0 spiro atoms. The monoisotopic (exact) mass is 273 g/mol. The summed E-state index contributed by atoms with van der Waals surface area (Å²) >= 11 is 0. The molecule has 0 aliphatic carbocycles. The smallest absolute Gasteiger partial charge is 0.172 e. The fourth-order valence-electron chi connectivity index (χ4n) is 2.57. The van der Waals surface area contributed by atoms with E-state index in [0.717, 1.165) is 51.4 Å². The van der Waals surface area contributed by atoms with Gasteiger partial charge in [0, 0.05) is 26.4 Å². The van der Waals surface area contributed by atoms with E-state index in [0.29, 0.717) is 19.3 Å². The van der Waals surface area contributed by atoms with Crippen LogP contribution in [0.5, 0.6) is 0 Å². The Kier molecular flexibility index (Phi) is 9.43. The summed E-state index contributed by atoms with van der Waals surface area (Å²) in [6, 6.07) is 0.294. The van der Waals surface area contributed by atoms with Crippen LogP contribution < -0.4 is 5.32 Å². The van der Waals surface area contributed by atoms with Crippen LogP contribution in [0.1, 0.15) is 46.5 Å². The third-order valence-corrected chi connectivity index (χ3v) is 3.58. The van der Waals surface area contributed by atoms with Crippen molar-refractivity contribution < 1.29 is 14.2 Å². The van der Waals surface area contributed by atoms with Gasteiger partial charge < -0.3 is 19.5 Å². The van der Waals surface area contributed by atoms with Crippen molar-refractivity contribution in [2.45, 2.75) is 58.8 Å². The molecule has 0 aromatic carbocycles. The average molecular weight is 273 g/mol. The molecule has 1 unspecified atom stereocenters. The Morgan fingerprint density at radius 2 is 1.74 bits per heavy atom. The van der Waals surface area contributed by atoms with Gasteiger partial charge in [0.15, 0.2) is 6.29 Å². The second-order valence-corrected chi connectivity index (χ2v) is 5.13. The summed E-state index contributed by atoms with van der Waals surface area (Å²) in [7, 11) is 0. The Bertz CT molecular complexity index is 202. The quantitative estimate of drug-likeness (QED) is 0.621. The summed E-state index contributed by atoms with van der Waals surface area (Å²) in [5.74, 6) is 0.728. The molecule has 1 aliphatic heterocycles. The number of hydrogen-bond acceptors (Lipinski definition) is 4. The van der Waals surface area contributed by atoms with E-state index < -0.39 is 0 Å². The molecule has 1 N–H and O–H groups in total. The topological polar surface area (TPSA) is 39.7 Å². The third kappa shape index (κ3) is 6.70. The first kappa shape index (κ1) is 16.9. The number of hydrogen-bond donors (Lipinski definition) is 1. The van der Waals surface area contributed by atoms with E-state index in [2.05, 4.69) is 12.2 Å². The van der Waals surface area contributed by atoms with Crippen molar-refractivity contribution in [3.63, 3.8) is 0 Å². The predicted octanol–water partition coefficient (Wildman–Crippen LogP) is 2.57. The summed E-state index contributed by atoms with van der Waals surface area (Å²) in [6.07, 6.45) is 4.46. The third-order valence-electron chi connectivity index (χ3n) is 3.58.